The zero-order valence-corrected chi connectivity index (χ0v) is 8.36. The molecule has 0 aromatic rings. The highest BCUT2D eigenvalue weighted by Gasteiger charge is 1.87. The van der Waals surface area contributed by atoms with E-state index < -0.39 is 0 Å². The lowest BCUT2D eigenvalue weighted by atomic mass is 10.3. The standard InChI is InChI=1S/C9H19N3/c1-5-8(10-2)6-7-9(11-3)12-4/h6-7,10-12H,5H2,1-4H3/b8-6+. The Morgan fingerprint density at radius 1 is 1.00 bits per heavy atom. The van der Waals surface area contributed by atoms with Gasteiger partial charge in [-0.25, -0.2) is 0 Å². The Bertz CT molecular complexity index is 139. The molecule has 0 aromatic carbocycles. The normalized spacial score (nSPS) is 10.5. The van der Waals surface area contributed by atoms with Crippen LogP contribution in [0.4, 0.5) is 0 Å². The highest BCUT2D eigenvalue weighted by Crippen LogP contribution is 1.95. The highest BCUT2D eigenvalue weighted by molar-refractivity contribution is 5.14. The van der Waals surface area contributed by atoms with Gasteiger partial charge in [0, 0.05) is 26.8 Å². The second-order valence-corrected chi connectivity index (χ2v) is 2.38. The van der Waals surface area contributed by atoms with Gasteiger partial charge in [0.2, 0.25) is 0 Å². The lowest BCUT2D eigenvalue weighted by molar-refractivity contribution is 0.834. The molecule has 0 aliphatic heterocycles. The summed E-state index contributed by atoms with van der Waals surface area (Å²) in [5, 5.41) is 9.18. The van der Waals surface area contributed by atoms with Crippen LogP contribution in [-0.2, 0) is 0 Å². The summed E-state index contributed by atoms with van der Waals surface area (Å²) in [4.78, 5) is 0. The summed E-state index contributed by atoms with van der Waals surface area (Å²) in [6.45, 7) is 2.12. The third kappa shape index (κ3) is 3.91. The van der Waals surface area contributed by atoms with Gasteiger partial charge < -0.3 is 16.0 Å². The second kappa shape index (κ2) is 6.58. The fourth-order valence-electron chi connectivity index (χ4n) is 0.854. The summed E-state index contributed by atoms with van der Waals surface area (Å²) in [6.07, 6.45) is 5.09. The van der Waals surface area contributed by atoms with Crippen molar-refractivity contribution in [1.82, 2.24) is 16.0 Å². The first kappa shape index (κ1) is 10.9. The Kier molecular flexibility index (Phi) is 5.97. The molecule has 70 valence electrons. The summed E-state index contributed by atoms with van der Waals surface area (Å²) in [7, 11) is 5.71. The molecular formula is C9H19N3. The number of allylic oxidation sites excluding steroid dienone is 3. The first-order chi connectivity index (χ1) is 5.78. The van der Waals surface area contributed by atoms with Crippen LogP contribution in [0.15, 0.2) is 23.7 Å². The first-order valence-corrected chi connectivity index (χ1v) is 4.22. The van der Waals surface area contributed by atoms with Crippen molar-refractivity contribution in [3.63, 3.8) is 0 Å². The van der Waals surface area contributed by atoms with E-state index in [1.54, 1.807) is 0 Å². The lowest BCUT2D eigenvalue weighted by Gasteiger charge is -2.04. The predicted molar refractivity (Wildman–Crippen MR) is 53.6 cm³/mol. The van der Waals surface area contributed by atoms with Crippen molar-refractivity contribution in [3.05, 3.63) is 23.7 Å². The molecule has 0 unspecified atom stereocenters. The van der Waals surface area contributed by atoms with Gasteiger partial charge in [-0.2, -0.15) is 0 Å². The van der Waals surface area contributed by atoms with Gasteiger partial charge in [0.1, 0.15) is 0 Å². The van der Waals surface area contributed by atoms with E-state index in [9.17, 15) is 0 Å². The minimum Gasteiger partial charge on any atom is -0.391 e. The molecule has 0 aromatic heterocycles. The largest absolute Gasteiger partial charge is 0.391 e. The fraction of sp³-hybridized carbons (Fsp3) is 0.556. The van der Waals surface area contributed by atoms with Crippen molar-refractivity contribution < 1.29 is 0 Å². The van der Waals surface area contributed by atoms with Gasteiger partial charge in [0.05, 0.1) is 5.82 Å². The first-order valence-electron chi connectivity index (χ1n) is 4.22. The lowest BCUT2D eigenvalue weighted by Crippen LogP contribution is -2.19. The molecule has 0 saturated carbocycles. The minimum atomic E-state index is 1.01. The van der Waals surface area contributed by atoms with E-state index in [0.717, 1.165) is 12.2 Å². The molecule has 0 atom stereocenters. The maximum absolute atomic E-state index is 3.12. The molecule has 0 spiro atoms. The molecule has 0 saturated heterocycles. The molecule has 0 fully saturated rings. The Balaban J connectivity index is 4.20. The molecular weight excluding hydrogens is 150 g/mol. The Labute approximate surface area is 74.9 Å². The van der Waals surface area contributed by atoms with Crippen molar-refractivity contribution in [3.8, 4) is 0 Å². The summed E-state index contributed by atoms with van der Waals surface area (Å²) in [5.41, 5.74) is 1.22. The number of hydrogen-bond acceptors (Lipinski definition) is 3. The van der Waals surface area contributed by atoms with E-state index in [1.165, 1.54) is 5.70 Å². The van der Waals surface area contributed by atoms with Crippen molar-refractivity contribution >= 4 is 0 Å². The molecule has 0 heterocycles. The Hall–Kier alpha value is -1.12. The molecule has 0 amide bonds. The van der Waals surface area contributed by atoms with Crippen molar-refractivity contribution in [2.75, 3.05) is 21.1 Å². The molecule has 3 N–H and O–H groups in total. The van der Waals surface area contributed by atoms with Gasteiger partial charge in [-0.05, 0) is 18.6 Å². The molecule has 0 aliphatic rings. The van der Waals surface area contributed by atoms with Crippen molar-refractivity contribution in [1.29, 1.82) is 0 Å². The van der Waals surface area contributed by atoms with E-state index >= 15 is 0 Å². The topological polar surface area (TPSA) is 36.1 Å². The average molecular weight is 169 g/mol. The van der Waals surface area contributed by atoms with Gasteiger partial charge in [-0.15, -0.1) is 0 Å². The molecule has 0 rings (SSSR count). The summed E-state index contributed by atoms with van der Waals surface area (Å²) in [5.74, 6) is 1.01. The number of nitrogens with one attached hydrogen (secondary N) is 3. The van der Waals surface area contributed by atoms with Gasteiger partial charge in [0.15, 0.2) is 0 Å². The van der Waals surface area contributed by atoms with E-state index in [-0.39, 0.29) is 0 Å². The predicted octanol–water partition coefficient (Wildman–Crippen LogP) is 0.780. The van der Waals surface area contributed by atoms with Crippen LogP contribution < -0.4 is 16.0 Å². The molecule has 3 nitrogen and oxygen atoms in total. The van der Waals surface area contributed by atoms with Crippen LogP contribution >= 0.6 is 0 Å². The van der Waals surface area contributed by atoms with E-state index in [1.807, 2.05) is 27.2 Å². The summed E-state index contributed by atoms with van der Waals surface area (Å²) >= 11 is 0. The van der Waals surface area contributed by atoms with Gasteiger partial charge >= 0.3 is 0 Å². The van der Waals surface area contributed by atoms with Crippen LogP contribution in [0.5, 0.6) is 0 Å². The molecule has 3 heteroatoms. The second-order valence-electron chi connectivity index (χ2n) is 2.38. The number of hydrogen-bond donors (Lipinski definition) is 3. The van der Waals surface area contributed by atoms with Gasteiger partial charge in [0.25, 0.3) is 0 Å². The molecule has 0 radical (unpaired) electrons. The summed E-state index contributed by atoms with van der Waals surface area (Å²) < 4.78 is 0. The van der Waals surface area contributed by atoms with Gasteiger partial charge in [-0.3, -0.25) is 0 Å². The SMILES string of the molecule is CC/C(=C\C=C(NC)NC)NC. The quantitative estimate of drug-likeness (QED) is 0.532. The maximum atomic E-state index is 3.12. The van der Waals surface area contributed by atoms with E-state index in [0.29, 0.717) is 0 Å². The van der Waals surface area contributed by atoms with Gasteiger partial charge in [-0.1, -0.05) is 6.92 Å². The smallest absolute Gasteiger partial charge is 0.0981 e. The minimum absolute atomic E-state index is 1.01. The number of rotatable bonds is 5. The average Bonchev–Trinajstić information content (AvgIpc) is 2.13. The molecule has 0 aliphatic carbocycles. The van der Waals surface area contributed by atoms with Crippen LogP contribution in [0.1, 0.15) is 13.3 Å². The molecule has 12 heavy (non-hydrogen) atoms. The van der Waals surface area contributed by atoms with Crippen molar-refractivity contribution in [2.45, 2.75) is 13.3 Å². The Morgan fingerprint density at radius 2 is 1.58 bits per heavy atom. The van der Waals surface area contributed by atoms with Crippen LogP contribution in [0, 0.1) is 0 Å². The molecule has 0 bridgehead atoms. The van der Waals surface area contributed by atoms with E-state index in [2.05, 4.69) is 29.0 Å². The third-order valence-electron chi connectivity index (χ3n) is 1.69. The monoisotopic (exact) mass is 169 g/mol. The third-order valence-corrected chi connectivity index (χ3v) is 1.69. The maximum Gasteiger partial charge on any atom is 0.0981 e. The van der Waals surface area contributed by atoms with Crippen molar-refractivity contribution in [2.24, 2.45) is 0 Å². The van der Waals surface area contributed by atoms with Crippen LogP contribution in [0.3, 0.4) is 0 Å². The summed E-state index contributed by atoms with van der Waals surface area (Å²) in [6, 6.07) is 0. The zero-order chi connectivity index (χ0) is 9.40. The van der Waals surface area contributed by atoms with Crippen LogP contribution in [0.25, 0.3) is 0 Å². The Morgan fingerprint density at radius 3 is 1.92 bits per heavy atom. The van der Waals surface area contributed by atoms with Crippen LogP contribution in [-0.4, -0.2) is 21.1 Å². The fourth-order valence-corrected chi connectivity index (χ4v) is 0.854. The zero-order valence-electron chi connectivity index (χ0n) is 8.36. The van der Waals surface area contributed by atoms with Crippen LogP contribution in [0.2, 0.25) is 0 Å². The van der Waals surface area contributed by atoms with E-state index in [4.69, 9.17) is 0 Å². The highest BCUT2D eigenvalue weighted by atomic mass is 15.0.